The maximum Gasteiger partial charge on any atom is 0.243 e. The quantitative estimate of drug-likeness (QED) is 0.330. The van der Waals surface area contributed by atoms with Crippen LogP contribution in [0.2, 0.25) is 5.02 Å². The van der Waals surface area contributed by atoms with Crippen molar-refractivity contribution in [1.82, 2.24) is 9.29 Å². The topological polar surface area (TPSA) is 83.7 Å². The van der Waals surface area contributed by atoms with E-state index in [1.165, 1.54) is 15.6 Å². The number of halogens is 1. The highest BCUT2D eigenvalue weighted by molar-refractivity contribution is 7.89. The lowest BCUT2D eigenvalue weighted by Crippen LogP contribution is -2.46. The Bertz CT molecular complexity index is 1450. The van der Waals surface area contributed by atoms with E-state index in [1.807, 2.05) is 25.1 Å². The summed E-state index contributed by atoms with van der Waals surface area (Å²) >= 11 is 7.63. The number of carbonyl (C=O) groups is 1. The highest BCUT2D eigenvalue weighted by Crippen LogP contribution is 2.35. The number of carbonyl (C=O) groups excluding carboxylic acids is 1. The van der Waals surface area contributed by atoms with Crippen molar-refractivity contribution in [3.8, 4) is 0 Å². The fourth-order valence-corrected chi connectivity index (χ4v) is 7.35. The van der Waals surface area contributed by atoms with Gasteiger partial charge in [-0.25, -0.2) is 13.4 Å². The molecule has 0 spiro atoms. The number of fused-ring (bicyclic) bond motifs is 1. The summed E-state index contributed by atoms with van der Waals surface area (Å²) in [5.74, 6) is -0.0389. The number of nitrogens with zero attached hydrogens (tertiary/aromatic N) is 3. The molecule has 0 aliphatic carbocycles. The number of aromatic nitrogens is 1. The van der Waals surface area contributed by atoms with E-state index in [0.29, 0.717) is 35.3 Å². The van der Waals surface area contributed by atoms with Crippen molar-refractivity contribution in [1.29, 1.82) is 0 Å². The molecule has 182 valence electrons. The Morgan fingerprint density at radius 2 is 2.03 bits per heavy atom. The fraction of sp³-hybridized carbons (Fsp3) is 0.280. The zero-order chi connectivity index (χ0) is 24.6. The summed E-state index contributed by atoms with van der Waals surface area (Å²) in [5, 5.41) is 1.15. The molecule has 4 aromatic rings. The van der Waals surface area contributed by atoms with Gasteiger partial charge in [-0.3, -0.25) is 9.69 Å². The molecule has 3 heterocycles. The summed E-state index contributed by atoms with van der Waals surface area (Å²) in [6.45, 7) is 2.66. The highest BCUT2D eigenvalue weighted by Gasteiger charge is 2.36. The molecule has 0 N–H and O–H groups in total. The molecule has 1 atom stereocenters. The predicted molar refractivity (Wildman–Crippen MR) is 137 cm³/mol. The van der Waals surface area contributed by atoms with Crippen LogP contribution in [0.3, 0.4) is 0 Å². The van der Waals surface area contributed by atoms with E-state index >= 15 is 0 Å². The molecule has 1 aliphatic rings. The number of sulfonamides is 1. The number of piperidine rings is 1. The van der Waals surface area contributed by atoms with Gasteiger partial charge in [-0.15, -0.1) is 0 Å². The minimum absolute atomic E-state index is 0.125. The fourth-order valence-electron chi connectivity index (χ4n) is 4.38. The van der Waals surface area contributed by atoms with Crippen LogP contribution in [-0.4, -0.2) is 36.7 Å². The molecule has 5 rings (SSSR count). The number of anilines is 1. The maximum atomic E-state index is 13.9. The Morgan fingerprint density at radius 3 is 2.77 bits per heavy atom. The number of furan rings is 1. The summed E-state index contributed by atoms with van der Waals surface area (Å²) in [4.78, 5) is 20.5. The molecule has 7 nitrogen and oxygen atoms in total. The lowest BCUT2D eigenvalue weighted by Gasteiger charge is -2.33. The number of hydrogen-bond acceptors (Lipinski definition) is 6. The number of hydrogen-bond donors (Lipinski definition) is 0. The van der Waals surface area contributed by atoms with E-state index in [4.69, 9.17) is 21.0 Å². The molecule has 35 heavy (non-hydrogen) atoms. The molecule has 10 heteroatoms. The molecule has 2 aromatic carbocycles. The van der Waals surface area contributed by atoms with Crippen LogP contribution < -0.4 is 4.90 Å². The van der Waals surface area contributed by atoms with Crippen molar-refractivity contribution in [2.45, 2.75) is 31.2 Å². The van der Waals surface area contributed by atoms with Gasteiger partial charge in [0.2, 0.25) is 15.9 Å². The van der Waals surface area contributed by atoms with Crippen LogP contribution in [0.5, 0.6) is 0 Å². The summed E-state index contributed by atoms with van der Waals surface area (Å²) in [5.41, 5.74) is 1.72. The Labute approximate surface area is 213 Å². The molecule has 2 aromatic heterocycles. The molecule has 1 amide bonds. The van der Waals surface area contributed by atoms with Crippen LogP contribution in [0.4, 0.5) is 5.13 Å². The third kappa shape index (κ3) is 4.86. The molecule has 0 radical (unpaired) electrons. The van der Waals surface area contributed by atoms with E-state index in [2.05, 4.69) is 0 Å². The minimum atomic E-state index is -3.68. The molecule has 0 bridgehead atoms. The Kier molecular flexibility index (Phi) is 6.67. The largest absolute Gasteiger partial charge is 0.467 e. The Balaban J connectivity index is 1.46. The first kappa shape index (κ1) is 24.0. The summed E-state index contributed by atoms with van der Waals surface area (Å²) < 4.78 is 34.2. The van der Waals surface area contributed by atoms with Gasteiger partial charge < -0.3 is 4.42 Å². The second-order valence-electron chi connectivity index (χ2n) is 8.58. The lowest BCUT2D eigenvalue weighted by atomic mass is 9.98. The number of amides is 1. The molecule has 1 fully saturated rings. The minimum Gasteiger partial charge on any atom is -0.467 e. The SMILES string of the molecule is Cc1cc(Cl)cc2sc(N(Cc3ccco3)C(=O)C3CCCN(S(=O)(=O)c4ccccc4)C3)nc12. The van der Waals surface area contributed by atoms with E-state index in [-0.39, 0.29) is 23.9 Å². The summed E-state index contributed by atoms with van der Waals surface area (Å²) in [6.07, 6.45) is 2.77. The average molecular weight is 530 g/mol. The monoisotopic (exact) mass is 529 g/mol. The molecule has 1 unspecified atom stereocenters. The molecular formula is C25H24ClN3O4S2. The van der Waals surface area contributed by atoms with Gasteiger partial charge >= 0.3 is 0 Å². The third-order valence-corrected chi connectivity index (χ3v) is 9.27. The van der Waals surface area contributed by atoms with E-state index in [1.54, 1.807) is 47.6 Å². The van der Waals surface area contributed by atoms with Crippen LogP contribution in [0.1, 0.15) is 24.2 Å². The maximum absolute atomic E-state index is 13.9. The third-order valence-electron chi connectivity index (χ3n) is 6.14. The lowest BCUT2D eigenvalue weighted by molar-refractivity contribution is -0.123. The van der Waals surface area contributed by atoms with Gasteiger partial charge in [0.15, 0.2) is 5.13 Å². The zero-order valence-electron chi connectivity index (χ0n) is 19.1. The van der Waals surface area contributed by atoms with Crippen molar-refractivity contribution in [3.63, 3.8) is 0 Å². The second kappa shape index (κ2) is 9.73. The molecular weight excluding hydrogens is 506 g/mol. The van der Waals surface area contributed by atoms with Crippen LogP contribution >= 0.6 is 22.9 Å². The van der Waals surface area contributed by atoms with Gasteiger partial charge in [0.25, 0.3) is 0 Å². The van der Waals surface area contributed by atoms with E-state index < -0.39 is 15.9 Å². The number of thiazole rings is 1. The van der Waals surface area contributed by atoms with Gasteiger partial charge in [-0.1, -0.05) is 41.1 Å². The first-order chi connectivity index (χ1) is 16.8. The van der Waals surface area contributed by atoms with Gasteiger partial charge in [0.05, 0.1) is 33.8 Å². The van der Waals surface area contributed by atoms with Crippen molar-refractivity contribution < 1.29 is 17.6 Å². The van der Waals surface area contributed by atoms with Crippen molar-refractivity contribution in [3.05, 3.63) is 77.2 Å². The number of rotatable bonds is 6. The first-order valence-electron chi connectivity index (χ1n) is 11.3. The highest BCUT2D eigenvalue weighted by atomic mass is 35.5. The van der Waals surface area contributed by atoms with Crippen LogP contribution in [0.15, 0.2) is 70.2 Å². The second-order valence-corrected chi connectivity index (χ2v) is 12.0. The predicted octanol–water partition coefficient (Wildman–Crippen LogP) is 5.49. The average Bonchev–Trinajstić information content (AvgIpc) is 3.53. The molecule has 1 saturated heterocycles. The Hall–Kier alpha value is -2.72. The van der Waals surface area contributed by atoms with Gasteiger partial charge in [-0.2, -0.15) is 4.31 Å². The van der Waals surface area contributed by atoms with Crippen LogP contribution in [0.25, 0.3) is 10.2 Å². The Morgan fingerprint density at radius 1 is 1.23 bits per heavy atom. The molecule has 0 saturated carbocycles. The van der Waals surface area contributed by atoms with E-state index in [0.717, 1.165) is 15.8 Å². The van der Waals surface area contributed by atoms with Crippen LogP contribution in [-0.2, 0) is 21.4 Å². The first-order valence-corrected chi connectivity index (χ1v) is 13.9. The summed E-state index contributed by atoms with van der Waals surface area (Å²) in [6, 6.07) is 15.6. The summed E-state index contributed by atoms with van der Waals surface area (Å²) in [7, 11) is -3.68. The standard InChI is InChI=1S/C25H24ClN3O4S2/c1-17-13-19(26)14-22-23(17)27-25(34-22)29(16-20-8-6-12-33-20)24(30)18-7-5-11-28(15-18)35(31,32)21-9-3-2-4-10-21/h2-4,6,8-10,12-14,18H,5,7,11,15-16H2,1H3. The van der Waals surface area contributed by atoms with Crippen molar-refractivity contribution in [2.24, 2.45) is 5.92 Å². The molecule has 1 aliphatic heterocycles. The van der Waals surface area contributed by atoms with Crippen molar-refractivity contribution >= 4 is 54.2 Å². The van der Waals surface area contributed by atoms with Gasteiger partial charge in [-0.05, 0) is 61.7 Å². The smallest absolute Gasteiger partial charge is 0.243 e. The van der Waals surface area contributed by atoms with E-state index in [9.17, 15) is 13.2 Å². The van der Waals surface area contributed by atoms with Crippen molar-refractivity contribution in [2.75, 3.05) is 18.0 Å². The number of benzene rings is 2. The number of aryl methyl sites for hydroxylation is 1. The van der Waals surface area contributed by atoms with Gasteiger partial charge in [0.1, 0.15) is 5.76 Å². The zero-order valence-corrected chi connectivity index (χ0v) is 21.4. The normalized spacial score (nSPS) is 17.0. The van der Waals surface area contributed by atoms with Crippen LogP contribution in [0, 0.1) is 12.8 Å². The van der Waals surface area contributed by atoms with Gasteiger partial charge in [0, 0.05) is 18.1 Å².